The van der Waals surface area contributed by atoms with Crippen LogP contribution in [0.3, 0.4) is 0 Å². The van der Waals surface area contributed by atoms with Crippen molar-refractivity contribution in [2.24, 2.45) is 5.92 Å². The van der Waals surface area contributed by atoms with E-state index in [1.54, 1.807) is 42.7 Å². The van der Waals surface area contributed by atoms with E-state index in [1.165, 1.54) is 7.11 Å². The molecule has 0 aromatic heterocycles. The van der Waals surface area contributed by atoms with Crippen LogP contribution in [0.25, 0.3) is 0 Å². The van der Waals surface area contributed by atoms with Crippen LogP contribution in [0.1, 0.15) is 45.2 Å². The molecule has 1 unspecified atom stereocenters. The summed E-state index contributed by atoms with van der Waals surface area (Å²) in [6.45, 7) is 1.98. The molecule has 1 aromatic rings. The quantitative estimate of drug-likeness (QED) is 0.402. The largest absolute Gasteiger partial charge is 0.467 e. The first-order valence-corrected chi connectivity index (χ1v) is 12.6. The molecule has 2 heterocycles. The molecule has 37 heavy (non-hydrogen) atoms. The van der Waals surface area contributed by atoms with Crippen LogP contribution >= 0.6 is 23.2 Å². The first kappa shape index (κ1) is 30.1. The second kappa shape index (κ2) is 12.1. The Hall–Kier alpha value is -1.47. The maximum Gasteiger partial charge on any atom is 0.410 e. The van der Waals surface area contributed by atoms with Crippen LogP contribution in [0, 0.1) is 5.92 Å². The van der Waals surface area contributed by atoms with E-state index in [1.807, 2.05) is 0 Å². The normalized spacial score (nSPS) is 22.7. The second-order valence-electron chi connectivity index (χ2n) is 10.5. The molecule has 0 radical (unpaired) electrons. The van der Waals surface area contributed by atoms with E-state index in [0.717, 1.165) is 0 Å². The topological polar surface area (TPSA) is 101 Å². The van der Waals surface area contributed by atoms with Crippen molar-refractivity contribution in [3.8, 4) is 5.75 Å². The lowest BCUT2D eigenvalue weighted by atomic mass is 9.91. The number of methoxy groups -OCH3 is 1. The predicted octanol–water partition coefficient (Wildman–Crippen LogP) is 4.27. The van der Waals surface area contributed by atoms with Gasteiger partial charge < -0.3 is 34.1 Å². The Labute approximate surface area is 225 Å². The van der Waals surface area contributed by atoms with Crippen molar-refractivity contribution in [3.05, 3.63) is 27.7 Å². The van der Waals surface area contributed by atoms with Gasteiger partial charge >= 0.3 is 12.7 Å². The summed E-state index contributed by atoms with van der Waals surface area (Å²) in [5.74, 6) is 0.228. The molecule has 0 saturated carbocycles. The van der Waals surface area contributed by atoms with Gasteiger partial charge in [-0.1, -0.05) is 23.2 Å². The molecule has 0 aliphatic carbocycles. The minimum atomic E-state index is -2.98. The minimum Gasteiger partial charge on any atom is -0.467 e. The van der Waals surface area contributed by atoms with Crippen LogP contribution in [-0.2, 0) is 14.2 Å². The fourth-order valence-corrected chi connectivity index (χ4v) is 5.12. The zero-order valence-corrected chi connectivity index (χ0v) is 22.8. The molecule has 3 rings (SSSR count). The summed E-state index contributed by atoms with van der Waals surface area (Å²) in [5, 5.41) is 21.6. The van der Waals surface area contributed by atoms with Crippen molar-refractivity contribution in [1.29, 1.82) is 0 Å². The number of hydrogen-bond acceptors (Lipinski definition) is 8. The van der Waals surface area contributed by atoms with Gasteiger partial charge in [-0.25, -0.2) is 4.79 Å². The maximum atomic E-state index is 13.2. The smallest absolute Gasteiger partial charge is 0.410 e. The van der Waals surface area contributed by atoms with Crippen molar-refractivity contribution in [2.75, 3.05) is 40.1 Å². The van der Waals surface area contributed by atoms with Crippen molar-refractivity contribution in [2.45, 2.75) is 63.7 Å². The highest BCUT2D eigenvalue weighted by molar-refractivity contribution is 6.42. The molecule has 2 aliphatic heterocycles. The molecule has 210 valence electrons. The number of rotatable bonds is 10. The van der Waals surface area contributed by atoms with Gasteiger partial charge in [-0.15, -0.1) is 0 Å². The van der Waals surface area contributed by atoms with Gasteiger partial charge in [0.25, 0.3) is 0 Å². The van der Waals surface area contributed by atoms with E-state index in [0.29, 0.717) is 22.8 Å². The number of benzene rings is 1. The van der Waals surface area contributed by atoms with Crippen LogP contribution in [-0.4, -0.2) is 90.3 Å². The summed E-state index contributed by atoms with van der Waals surface area (Å²) in [5.41, 5.74) is -1.67. The zero-order chi connectivity index (χ0) is 27.5. The number of carbonyl (C=O) groups excluding carboxylic acids is 1. The molecular formula is C24H34Cl2F2N2O7. The lowest BCUT2D eigenvalue weighted by Crippen LogP contribution is -2.67. The number of carbonyl (C=O) groups is 1. The number of hydrogen-bond donors (Lipinski definition) is 2. The fraction of sp³-hybridized carbons (Fsp3) is 0.708. The number of aliphatic hydroxyl groups is 2. The number of ether oxygens (including phenoxy) is 4. The maximum absolute atomic E-state index is 13.2. The van der Waals surface area contributed by atoms with Gasteiger partial charge in [0.15, 0.2) is 6.79 Å². The molecule has 0 spiro atoms. The van der Waals surface area contributed by atoms with E-state index in [2.05, 4.69) is 4.74 Å². The molecule has 0 bridgehead atoms. The molecule has 2 aliphatic rings. The third-order valence-corrected chi connectivity index (χ3v) is 7.03. The third kappa shape index (κ3) is 7.78. The summed E-state index contributed by atoms with van der Waals surface area (Å²) >= 11 is 12.9. The van der Waals surface area contributed by atoms with Crippen molar-refractivity contribution < 1.29 is 42.7 Å². The van der Waals surface area contributed by atoms with Crippen LogP contribution < -0.4 is 4.74 Å². The molecule has 2 saturated heterocycles. The summed E-state index contributed by atoms with van der Waals surface area (Å²) in [6.07, 6.45) is -0.832. The Kier molecular flexibility index (Phi) is 9.87. The predicted molar refractivity (Wildman–Crippen MR) is 132 cm³/mol. The van der Waals surface area contributed by atoms with Crippen LogP contribution in [0.5, 0.6) is 5.75 Å². The Balaban J connectivity index is 1.78. The van der Waals surface area contributed by atoms with Crippen molar-refractivity contribution in [3.63, 3.8) is 0 Å². The van der Waals surface area contributed by atoms with Crippen molar-refractivity contribution in [1.82, 2.24) is 9.80 Å². The lowest BCUT2D eigenvalue weighted by Gasteiger charge is -2.48. The highest BCUT2D eigenvalue weighted by Gasteiger charge is 2.47. The minimum absolute atomic E-state index is 0.0120. The first-order chi connectivity index (χ1) is 17.2. The molecule has 2 N–H and O–H groups in total. The van der Waals surface area contributed by atoms with Gasteiger partial charge in [0.05, 0.1) is 22.7 Å². The standard InChI is InChI=1S/C24H34Cl2F2N2O7/c1-23(2,3)37-22(32)30-9-14(8-18(31)29-10-24(33,11-29)12-35-21(27)28)7-16(30)19-17(36-13-34-4)6-5-15(25)20(19)26/h5-6,14,16,18,21,31,33H,7-13H2,1-4H3/t14-,16+,18?/m0/s1. The van der Waals surface area contributed by atoms with Gasteiger partial charge in [-0.2, -0.15) is 8.78 Å². The molecule has 9 nitrogen and oxygen atoms in total. The fourth-order valence-electron chi connectivity index (χ4n) is 4.67. The number of nitrogens with zero attached hydrogens (tertiary/aromatic N) is 2. The van der Waals surface area contributed by atoms with E-state index in [9.17, 15) is 23.8 Å². The molecular weight excluding hydrogens is 537 g/mol. The molecule has 1 aromatic carbocycles. The monoisotopic (exact) mass is 570 g/mol. The van der Waals surface area contributed by atoms with E-state index < -0.39 is 42.8 Å². The summed E-state index contributed by atoms with van der Waals surface area (Å²) < 4.78 is 45.2. The Morgan fingerprint density at radius 1 is 1.27 bits per heavy atom. The Bertz CT molecular complexity index is 944. The van der Waals surface area contributed by atoms with Crippen LogP contribution in [0.15, 0.2) is 12.1 Å². The molecule has 1 amide bonds. The Morgan fingerprint density at radius 2 is 1.95 bits per heavy atom. The van der Waals surface area contributed by atoms with Gasteiger partial charge in [-0.05, 0) is 51.7 Å². The average Bonchev–Trinajstić information content (AvgIpc) is 3.18. The summed E-state index contributed by atoms with van der Waals surface area (Å²) in [7, 11) is 1.48. The average molecular weight is 571 g/mol. The van der Waals surface area contributed by atoms with E-state index >= 15 is 0 Å². The number of likely N-dealkylation sites (tertiary alicyclic amines) is 2. The number of aliphatic hydroxyl groups excluding tert-OH is 1. The second-order valence-corrected chi connectivity index (χ2v) is 11.3. The van der Waals surface area contributed by atoms with Crippen LogP contribution in [0.2, 0.25) is 10.0 Å². The Morgan fingerprint density at radius 3 is 2.54 bits per heavy atom. The van der Waals surface area contributed by atoms with Crippen LogP contribution in [0.4, 0.5) is 13.6 Å². The van der Waals surface area contributed by atoms with E-state index in [4.69, 9.17) is 37.4 Å². The number of halogens is 4. The zero-order valence-electron chi connectivity index (χ0n) is 21.3. The third-order valence-electron chi connectivity index (χ3n) is 6.21. The summed E-state index contributed by atoms with van der Waals surface area (Å²) in [4.78, 5) is 16.3. The summed E-state index contributed by atoms with van der Waals surface area (Å²) in [6, 6.07) is 2.69. The van der Waals surface area contributed by atoms with Gasteiger partial charge in [0.2, 0.25) is 0 Å². The highest BCUT2D eigenvalue weighted by Crippen LogP contribution is 2.47. The molecule has 2 fully saturated rings. The van der Waals surface area contributed by atoms with Crippen molar-refractivity contribution >= 4 is 29.3 Å². The highest BCUT2D eigenvalue weighted by atomic mass is 35.5. The molecule has 13 heteroatoms. The van der Waals surface area contributed by atoms with Gasteiger partial charge in [0.1, 0.15) is 23.2 Å². The molecule has 3 atom stereocenters. The first-order valence-electron chi connectivity index (χ1n) is 11.9. The lowest BCUT2D eigenvalue weighted by molar-refractivity contribution is -0.224. The number of alkyl halides is 2. The van der Waals surface area contributed by atoms with Gasteiger partial charge in [-0.3, -0.25) is 4.90 Å². The van der Waals surface area contributed by atoms with Gasteiger partial charge in [0, 0.05) is 32.3 Å². The number of amides is 1. The van der Waals surface area contributed by atoms with E-state index in [-0.39, 0.29) is 43.8 Å². The number of β-amino-alcohol motifs (C(OH)–C–C–N with tert-alkyl or cyclic N) is 1. The SMILES string of the molecule is COCOc1ccc(Cl)c(Cl)c1[C@H]1C[C@@H](CC(O)N2CC(O)(COC(F)F)C2)CN1C(=O)OC(C)(C)C.